The summed E-state index contributed by atoms with van der Waals surface area (Å²) in [5.41, 5.74) is 2.51. The summed E-state index contributed by atoms with van der Waals surface area (Å²) in [5, 5.41) is 0. The van der Waals surface area contributed by atoms with Crippen molar-refractivity contribution >= 4 is 27.5 Å². The summed E-state index contributed by atoms with van der Waals surface area (Å²) in [6.07, 6.45) is 0. The molecule has 20 heavy (non-hydrogen) atoms. The van der Waals surface area contributed by atoms with Gasteiger partial charge in [0.15, 0.2) is 0 Å². The quantitative estimate of drug-likeness (QED) is 0.807. The zero-order valence-electron chi connectivity index (χ0n) is 10.6. The summed E-state index contributed by atoms with van der Waals surface area (Å²) >= 11 is 3.31. The number of nitrogens with zero attached hydrogens (tertiary/aromatic N) is 1. The van der Waals surface area contributed by atoms with E-state index in [4.69, 9.17) is 0 Å². The lowest BCUT2D eigenvalue weighted by Crippen LogP contribution is -2.22. The van der Waals surface area contributed by atoms with Gasteiger partial charge in [0.05, 0.1) is 6.54 Å². The van der Waals surface area contributed by atoms with Gasteiger partial charge < -0.3 is 4.90 Å². The van der Waals surface area contributed by atoms with Gasteiger partial charge in [0.25, 0.3) is 5.91 Å². The number of hydrogen-bond acceptors (Lipinski definition) is 1. The summed E-state index contributed by atoms with van der Waals surface area (Å²) < 4.78 is 14.6. The topological polar surface area (TPSA) is 20.3 Å². The molecule has 0 unspecified atom stereocenters. The van der Waals surface area contributed by atoms with Gasteiger partial charge in [-0.1, -0.05) is 40.7 Å². The molecular weight excluding hydrogens is 321 g/mol. The van der Waals surface area contributed by atoms with Crippen LogP contribution < -0.4 is 0 Å². The van der Waals surface area contributed by atoms with Crippen molar-refractivity contribution in [2.24, 2.45) is 0 Å². The van der Waals surface area contributed by atoms with Crippen LogP contribution in [0.2, 0.25) is 0 Å². The van der Waals surface area contributed by atoms with Crippen molar-refractivity contribution in [2.45, 2.75) is 6.54 Å². The van der Waals surface area contributed by atoms with Crippen LogP contribution in [0.4, 0.5) is 4.39 Å². The zero-order chi connectivity index (χ0) is 14.3. The van der Waals surface area contributed by atoms with Crippen LogP contribution in [0.1, 0.15) is 21.5 Å². The number of carbonyl (C=O) groups is 1. The van der Waals surface area contributed by atoms with Crippen molar-refractivity contribution in [1.82, 2.24) is 4.90 Å². The van der Waals surface area contributed by atoms with E-state index in [1.165, 1.54) is 11.0 Å². The maximum atomic E-state index is 13.8. The molecule has 4 heteroatoms. The predicted octanol–water partition coefficient (Wildman–Crippen LogP) is 4.21. The molecule has 100 valence electrons. The highest BCUT2D eigenvalue weighted by molar-refractivity contribution is 9.10. The molecule has 0 aliphatic carbocycles. The molecule has 0 saturated carbocycles. The van der Waals surface area contributed by atoms with Gasteiger partial charge in [-0.15, -0.1) is 0 Å². The number of halogens is 2. The summed E-state index contributed by atoms with van der Waals surface area (Å²) in [4.78, 5) is 13.8. The summed E-state index contributed by atoms with van der Waals surface area (Å²) in [7, 11) is 0. The number of hydrogen-bond donors (Lipinski definition) is 0. The van der Waals surface area contributed by atoms with Crippen LogP contribution in [0.15, 0.2) is 53.5 Å². The van der Waals surface area contributed by atoms with E-state index in [2.05, 4.69) is 22.5 Å². The van der Waals surface area contributed by atoms with E-state index in [0.717, 1.165) is 10.0 Å². The summed E-state index contributed by atoms with van der Waals surface area (Å²) in [6.45, 7) is 4.12. The fourth-order valence-corrected chi connectivity index (χ4v) is 2.75. The Kier molecular flexibility index (Phi) is 3.18. The van der Waals surface area contributed by atoms with Gasteiger partial charge in [-0.3, -0.25) is 4.79 Å². The van der Waals surface area contributed by atoms with Crippen LogP contribution in [-0.4, -0.2) is 10.8 Å². The van der Waals surface area contributed by atoms with Crippen LogP contribution in [0, 0.1) is 5.82 Å². The fraction of sp³-hybridized carbons (Fsp3) is 0.0625. The van der Waals surface area contributed by atoms with Gasteiger partial charge in [0.2, 0.25) is 0 Å². The first-order chi connectivity index (χ1) is 9.58. The maximum Gasteiger partial charge on any atom is 0.259 e. The molecule has 1 heterocycles. The van der Waals surface area contributed by atoms with Gasteiger partial charge in [0.1, 0.15) is 5.82 Å². The van der Waals surface area contributed by atoms with Gasteiger partial charge in [-0.2, -0.15) is 0 Å². The number of benzene rings is 2. The Morgan fingerprint density at radius 3 is 2.55 bits per heavy atom. The van der Waals surface area contributed by atoms with E-state index in [1.54, 1.807) is 18.2 Å². The molecule has 0 N–H and O–H groups in total. The fourth-order valence-electron chi connectivity index (χ4n) is 2.34. The van der Waals surface area contributed by atoms with Crippen LogP contribution >= 0.6 is 15.9 Å². The van der Waals surface area contributed by atoms with Crippen molar-refractivity contribution < 1.29 is 9.18 Å². The highest BCUT2D eigenvalue weighted by Crippen LogP contribution is 2.33. The van der Waals surface area contributed by atoms with E-state index in [0.29, 0.717) is 16.8 Å². The van der Waals surface area contributed by atoms with Crippen LogP contribution in [0.25, 0.3) is 5.70 Å². The minimum absolute atomic E-state index is 0.134. The first-order valence-electron chi connectivity index (χ1n) is 6.12. The molecule has 2 nitrogen and oxygen atoms in total. The molecule has 1 amide bonds. The highest BCUT2D eigenvalue weighted by atomic mass is 79.9. The monoisotopic (exact) mass is 331 g/mol. The van der Waals surface area contributed by atoms with Crippen molar-refractivity contribution in [1.29, 1.82) is 0 Å². The second kappa shape index (κ2) is 4.87. The smallest absolute Gasteiger partial charge is 0.259 e. The number of amides is 1. The Morgan fingerprint density at radius 2 is 1.85 bits per heavy atom. The molecule has 0 saturated heterocycles. The van der Waals surface area contributed by atoms with Crippen LogP contribution in [-0.2, 0) is 6.54 Å². The minimum Gasteiger partial charge on any atom is -0.304 e. The van der Waals surface area contributed by atoms with E-state index in [1.807, 2.05) is 18.2 Å². The lowest BCUT2D eigenvalue weighted by Gasteiger charge is -2.18. The molecule has 0 bridgehead atoms. The van der Waals surface area contributed by atoms with E-state index < -0.39 is 0 Å². The lowest BCUT2D eigenvalue weighted by atomic mass is 10.1. The molecule has 1 aliphatic rings. The van der Waals surface area contributed by atoms with Crippen molar-refractivity contribution in [2.75, 3.05) is 0 Å². The van der Waals surface area contributed by atoms with Gasteiger partial charge >= 0.3 is 0 Å². The first-order valence-corrected chi connectivity index (χ1v) is 6.91. The Balaban J connectivity index is 1.96. The van der Waals surface area contributed by atoms with E-state index >= 15 is 0 Å². The number of rotatable bonds is 2. The minimum atomic E-state index is -0.329. The predicted molar refractivity (Wildman–Crippen MR) is 79.4 cm³/mol. The molecule has 3 rings (SSSR count). The third-order valence-electron chi connectivity index (χ3n) is 3.38. The molecule has 0 radical (unpaired) electrons. The van der Waals surface area contributed by atoms with E-state index in [-0.39, 0.29) is 18.3 Å². The number of fused-ring (bicyclic) bond motifs is 1. The molecule has 2 aromatic rings. The number of carbonyl (C=O) groups excluding carboxylic acids is 1. The van der Waals surface area contributed by atoms with Crippen LogP contribution in [0.3, 0.4) is 0 Å². The first kappa shape index (κ1) is 13.1. The zero-order valence-corrected chi connectivity index (χ0v) is 12.2. The molecule has 0 atom stereocenters. The van der Waals surface area contributed by atoms with Gasteiger partial charge in [-0.25, -0.2) is 4.39 Å². The largest absolute Gasteiger partial charge is 0.304 e. The standard InChI is InChI=1S/C16H11BrFNO/c1-10-13-4-2-3-5-14(13)16(20)19(10)9-11-8-12(17)6-7-15(11)18/h2-8H,1,9H2. The van der Waals surface area contributed by atoms with Crippen molar-refractivity contribution in [3.63, 3.8) is 0 Å². The molecule has 0 aromatic heterocycles. The average Bonchev–Trinajstić information content (AvgIpc) is 2.68. The molecule has 2 aromatic carbocycles. The SMILES string of the molecule is C=C1c2ccccc2C(=O)N1Cc1cc(Br)ccc1F. The Hall–Kier alpha value is -1.94. The Bertz CT molecular complexity index is 691. The normalized spacial score (nSPS) is 13.8. The van der Waals surface area contributed by atoms with E-state index in [9.17, 15) is 9.18 Å². The average molecular weight is 332 g/mol. The lowest BCUT2D eigenvalue weighted by molar-refractivity contribution is 0.0842. The molecule has 0 spiro atoms. The highest BCUT2D eigenvalue weighted by Gasteiger charge is 2.30. The van der Waals surface area contributed by atoms with Crippen molar-refractivity contribution in [3.05, 3.63) is 76.0 Å². The van der Waals surface area contributed by atoms with Gasteiger partial charge in [-0.05, 0) is 24.3 Å². The Morgan fingerprint density at radius 1 is 1.15 bits per heavy atom. The summed E-state index contributed by atoms with van der Waals surface area (Å²) in [5.74, 6) is -0.463. The molecule has 1 aliphatic heterocycles. The molecular formula is C16H11BrFNO. The third-order valence-corrected chi connectivity index (χ3v) is 3.87. The summed E-state index contributed by atoms with van der Waals surface area (Å²) in [6, 6.07) is 12.0. The Labute approximate surface area is 124 Å². The third kappa shape index (κ3) is 2.06. The maximum absolute atomic E-state index is 13.8. The second-order valence-electron chi connectivity index (χ2n) is 4.62. The van der Waals surface area contributed by atoms with Gasteiger partial charge in [0, 0.05) is 26.9 Å². The molecule has 0 fully saturated rings. The van der Waals surface area contributed by atoms with Crippen LogP contribution in [0.5, 0.6) is 0 Å². The van der Waals surface area contributed by atoms with Crippen molar-refractivity contribution in [3.8, 4) is 0 Å². The second-order valence-corrected chi connectivity index (χ2v) is 5.53.